The molecule has 0 spiro atoms. The van der Waals surface area contributed by atoms with Crippen LogP contribution in [0.2, 0.25) is 0 Å². The number of amides is 2. The monoisotopic (exact) mass is 434 g/mol. The second-order valence-corrected chi connectivity index (χ2v) is 8.50. The average molecular weight is 435 g/mol. The summed E-state index contributed by atoms with van der Waals surface area (Å²) in [6, 6.07) is 9.22. The predicted octanol–water partition coefficient (Wildman–Crippen LogP) is 3.18. The van der Waals surface area contributed by atoms with Gasteiger partial charge in [0.2, 0.25) is 11.8 Å². The van der Waals surface area contributed by atoms with Gasteiger partial charge in [0.1, 0.15) is 6.04 Å². The van der Waals surface area contributed by atoms with Gasteiger partial charge in [-0.2, -0.15) is 10.2 Å². The van der Waals surface area contributed by atoms with Gasteiger partial charge in [-0.05, 0) is 75.4 Å². The van der Waals surface area contributed by atoms with Gasteiger partial charge in [0.15, 0.2) is 0 Å². The number of aromatic nitrogens is 4. The summed E-state index contributed by atoms with van der Waals surface area (Å²) in [6.07, 6.45) is 7.28. The number of piperidine rings is 1. The number of rotatable bonds is 6. The second-order valence-electron chi connectivity index (χ2n) is 8.50. The zero-order valence-corrected chi connectivity index (χ0v) is 18.9. The summed E-state index contributed by atoms with van der Waals surface area (Å²) < 4.78 is 3.61. The van der Waals surface area contributed by atoms with Crippen LogP contribution in [0.3, 0.4) is 0 Å². The van der Waals surface area contributed by atoms with Gasteiger partial charge in [-0.15, -0.1) is 0 Å². The maximum Gasteiger partial charge on any atom is 0.247 e. The highest BCUT2D eigenvalue weighted by atomic mass is 16.2. The topological polar surface area (TPSA) is 85.0 Å². The number of anilines is 1. The Kier molecular flexibility index (Phi) is 6.39. The fourth-order valence-corrected chi connectivity index (χ4v) is 4.30. The van der Waals surface area contributed by atoms with Gasteiger partial charge in [-0.3, -0.25) is 14.3 Å². The molecule has 0 saturated carbocycles. The highest BCUT2D eigenvalue weighted by molar-refractivity contribution is 5.97. The smallest absolute Gasteiger partial charge is 0.247 e. The van der Waals surface area contributed by atoms with E-state index in [4.69, 9.17) is 0 Å². The number of nitrogens with zero attached hydrogens (tertiary/aromatic N) is 5. The zero-order valence-electron chi connectivity index (χ0n) is 18.9. The van der Waals surface area contributed by atoms with E-state index in [1.54, 1.807) is 15.8 Å². The van der Waals surface area contributed by atoms with Crippen LogP contribution in [0, 0.1) is 13.8 Å². The lowest BCUT2D eigenvalue weighted by molar-refractivity contribution is -0.140. The number of nitrogens with one attached hydrogen (secondary N) is 1. The maximum absolute atomic E-state index is 13.0. The van der Waals surface area contributed by atoms with Gasteiger partial charge in [0.25, 0.3) is 0 Å². The molecule has 1 aliphatic rings. The van der Waals surface area contributed by atoms with Crippen LogP contribution in [-0.4, -0.2) is 48.9 Å². The molecule has 1 fully saturated rings. The highest BCUT2D eigenvalue weighted by Crippen LogP contribution is 2.21. The minimum Gasteiger partial charge on any atom is -0.331 e. The van der Waals surface area contributed by atoms with Crippen LogP contribution in [0.25, 0.3) is 5.69 Å². The first-order valence-corrected chi connectivity index (χ1v) is 11.1. The van der Waals surface area contributed by atoms with Crippen molar-refractivity contribution < 1.29 is 9.59 Å². The molecular formula is C24H30N6O2. The van der Waals surface area contributed by atoms with E-state index in [2.05, 4.69) is 15.5 Å². The van der Waals surface area contributed by atoms with Crippen LogP contribution in [0.1, 0.15) is 42.6 Å². The van der Waals surface area contributed by atoms with Crippen molar-refractivity contribution in [1.29, 1.82) is 0 Å². The van der Waals surface area contributed by atoms with Gasteiger partial charge in [-0.1, -0.05) is 0 Å². The summed E-state index contributed by atoms with van der Waals surface area (Å²) in [5.74, 6) is -0.105. The van der Waals surface area contributed by atoms with Gasteiger partial charge in [-0.25, -0.2) is 4.68 Å². The first-order valence-electron chi connectivity index (χ1n) is 11.1. The third-order valence-corrected chi connectivity index (χ3v) is 5.90. The number of carbonyl (C=O) groups is 2. The van der Waals surface area contributed by atoms with Crippen molar-refractivity contribution in [2.75, 3.05) is 11.9 Å². The first-order chi connectivity index (χ1) is 15.4. The first kappa shape index (κ1) is 21.8. The Morgan fingerprint density at radius 2 is 1.94 bits per heavy atom. The number of aryl methyl sites for hydroxylation is 4. The average Bonchev–Trinajstić information content (AvgIpc) is 3.36. The van der Waals surface area contributed by atoms with Crippen molar-refractivity contribution in [3.05, 3.63) is 59.7 Å². The number of hydrogen-bond donors (Lipinski definition) is 1. The van der Waals surface area contributed by atoms with E-state index < -0.39 is 6.04 Å². The third kappa shape index (κ3) is 4.90. The van der Waals surface area contributed by atoms with Crippen LogP contribution in [0.4, 0.5) is 5.69 Å². The Morgan fingerprint density at radius 1 is 1.16 bits per heavy atom. The summed E-state index contributed by atoms with van der Waals surface area (Å²) in [6.45, 7) is 4.60. The molecular weight excluding hydrogens is 404 g/mol. The summed E-state index contributed by atoms with van der Waals surface area (Å²) in [4.78, 5) is 27.7. The lowest BCUT2D eigenvalue weighted by Gasteiger charge is -2.34. The van der Waals surface area contributed by atoms with E-state index in [0.717, 1.165) is 35.5 Å². The lowest BCUT2D eigenvalue weighted by atomic mass is 10.00. The molecule has 1 aliphatic heterocycles. The van der Waals surface area contributed by atoms with Crippen LogP contribution in [-0.2, 0) is 23.1 Å². The molecule has 168 valence electrons. The standard InChI is InChI=1S/C24H30N6O2/c1-17-14-18(2)30(27-17)21-10-8-20(9-11-21)26-24(32)22-6-4-5-13-29(22)23(31)12-7-19-15-25-28(3)16-19/h8-11,14-16,22H,4-7,12-13H2,1-3H3,(H,26,32)/t22-/m1/s1. The zero-order chi connectivity index (χ0) is 22.7. The molecule has 3 heterocycles. The van der Waals surface area contributed by atoms with Crippen LogP contribution < -0.4 is 5.32 Å². The molecule has 8 heteroatoms. The van der Waals surface area contributed by atoms with Crippen molar-refractivity contribution in [2.45, 2.75) is 52.0 Å². The minimum atomic E-state index is -0.430. The molecule has 0 radical (unpaired) electrons. The highest BCUT2D eigenvalue weighted by Gasteiger charge is 2.31. The number of likely N-dealkylation sites (tertiary alicyclic amines) is 1. The molecule has 0 bridgehead atoms. The summed E-state index contributed by atoms with van der Waals surface area (Å²) in [5, 5.41) is 11.6. The molecule has 1 saturated heterocycles. The molecule has 2 amide bonds. The Morgan fingerprint density at radius 3 is 2.59 bits per heavy atom. The van der Waals surface area contributed by atoms with Gasteiger partial charge < -0.3 is 10.2 Å². The normalized spacial score (nSPS) is 16.2. The van der Waals surface area contributed by atoms with Crippen LogP contribution >= 0.6 is 0 Å². The van der Waals surface area contributed by atoms with E-state index >= 15 is 0 Å². The number of hydrogen-bond acceptors (Lipinski definition) is 4. The fraction of sp³-hybridized carbons (Fsp3) is 0.417. The Bertz CT molecular complexity index is 1100. The third-order valence-electron chi connectivity index (χ3n) is 5.90. The molecule has 1 aromatic carbocycles. The Hall–Kier alpha value is -3.42. The lowest BCUT2D eigenvalue weighted by Crippen LogP contribution is -2.50. The van der Waals surface area contributed by atoms with E-state index in [0.29, 0.717) is 31.5 Å². The van der Waals surface area contributed by atoms with E-state index in [1.165, 1.54) is 0 Å². The van der Waals surface area contributed by atoms with Crippen molar-refractivity contribution >= 4 is 17.5 Å². The van der Waals surface area contributed by atoms with Gasteiger partial charge in [0.05, 0.1) is 17.6 Å². The molecule has 32 heavy (non-hydrogen) atoms. The molecule has 0 aliphatic carbocycles. The summed E-state index contributed by atoms with van der Waals surface area (Å²) in [7, 11) is 1.86. The molecule has 0 unspecified atom stereocenters. The van der Waals surface area contributed by atoms with Crippen molar-refractivity contribution in [1.82, 2.24) is 24.5 Å². The minimum absolute atomic E-state index is 0.0218. The van der Waals surface area contributed by atoms with E-state index in [-0.39, 0.29) is 11.8 Å². The summed E-state index contributed by atoms with van der Waals surface area (Å²) >= 11 is 0. The SMILES string of the molecule is Cc1cc(C)n(-c2ccc(NC(=O)[C@H]3CCCCN3C(=O)CCc3cnn(C)c3)cc2)n1. The number of benzene rings is 1. The van der Waals surface area contributed by atoms with Crippen molar-refractivity contribution in [3.8, 4) is 5.69 Å². The van der Waals surface area contributed by atoms with E-state index in [1.807, 2.05) is 62.1 Å². The van der Waals surface area contributed by atoms with Gasteiger partial charge >= 0.3 is 0 Å². The molecule has 2 aromatic heterocycles. The molecule has 8 nitrogen and oxygen atoms in total. The quantitative estimate of drug-likeness (QED) is 0.646. The second kappa shape index (κ2) is 9.38. The maximum atomic E-state index is 13.0. The molecule has 1 atom stereocenters. The largest absolute Gasteiger partial charge is 0.331 e. The molecule has 4 rings (SSSR count). The Balaban J connectivity index is 1.39. The Labute approximate surface area is 188 Å². The van der Waals surface area contributed by atoms with Crippen molar-refractivity contribution in [2.24, 2.45) is 7.05 Å². The molecule has 1 N–H and O–H groups in total. The van der Waals surface area contributed by atoms with E-state index in [9.17, 15) is 9.59 Å². The van der Waals surface area contributed by atoms with Crippen LogP contribution in [0.5, 0.6) is 0 Å². The predicted molar refractivity (Wildman–Crippen MR) is 123 cm³/mol. The summed E-state index contributed by atoms with van der Waals surface area (Å²) in [5.41, 5.74) is 4.71. The van der Waals surface area contributed by atoms with Crippen molar-refractivity contribution in [3.63, 3.8) is 0 Å². The molecule has 3 aromatic rings. The van der Waals surface area contributed by atoms with Crippen LogP contribution in [0.15, 0.2) is 42.7 Å². The fourth-order valence-electron chi connectivity index (χ4n) is 4.30. The number of carbonyl (C=O) groups excluding carboxylic acids is 2. The van der Waals surface area contributed by atoms with Gasteiger partial charge in [0, 0.05) is 37.6 Å².